The normalized spacial score (nSPS) is 11.3. The van der Waals surface area contributed by atoms with E-state index in [1.807, 2.05) is 13.8 Å². The quantitative estimate of drug-likeness (QED) is 0.692. The average Bonchev–Trinajstić information content (AvgIpc) is 2.45. The van der Waals surface area contributed by atoms with Gasteiger partial charge in [-0.3, -0.25) is 9.10 Å². The lowest BCUT2D eigenvalue weighted by atomic mass is 10.2. The zero-order chi connectivity index (χ0) is 17.5. The van der Waals surface area contributed by atoms with E-state index in [0.717, 1.165) is 29.5 Å². The van der Waals surface area contributed by atoms with E-state index in [-0.39, 0.29) is 24.6 Å². The third-order valence-electron chi connectivity index (χ3n) is 3.37. The smallest absolute Gasteiger partial charge is 0.232 e. The molecule has 0 aliphatic heterocycles. The number of nitrogens with zero attached hydrogens (tertiary/aromatic N) is 2. The number of sulfonamides is 1. The van der Waals surface area contributed by atoms with Crippen molar-refractivity contribution in [2.45, 2.75) is 33.1 Å². The number of carbonyl (C=O) groups is 1. The standard InChI is InChI=1S/C16H25FN2O3S/c1-4-10-18(11-5-2)16(20)9-12-19(23(3,21)22)15-8-6-7-14(17)13-15/h6-8,13H,4-5,9-12H2,1-3H3. The minimum Gasteiger partial charge on any atom is -0.343 e. The van der Waals surface area contributed by atoms with E-state index >= 15 is 0 Å². The fourth-order valence-corrected chi connectivity index (χ4v) is 3.29. The summed E-state index contributed by atoms with van der Waals surface area (Å²) in [5, 5.41) is 0. The van der Waals surface area contributed by atoms with Crippen LogP contribution in [0.2, 0.25) is 0 Å². The second-order valence-corrected chi connectivity index (χ2v) is 7.35. The van der Waals surface area contributed by atoms with Gasteiger partial charge < -0.3 is 4.90 Å². The maximum absolute atomic E-state index is 13.3. The van der Waals surface area contributed by atoms with Gasteiger partial charge in [0.25, 0.3) is 0 Å². The Morgan fingerprint density at radius 3 is 2.22 bits per heavy atom. The lowest BCUT2D eigenvalue weighted by Gasteiger charge is -2.25. The summed E-state index contributed by atoms with van der Waals surface area (Å²) in [6.07, 6.45) is 2.83. The zero-order valence-electron chi connectivity index (χ0n) is 14.0. The number of anilines is 1. The van der Waals surface area contributed by atoms with Gasteiger partial charge in [-0.1, -0.05) is 19.9 Å². The number of hydrogen-bond acceptors (Lipinski definition) is 3. The van der Waals surface area contributed by atoms with Crippen LogP contribution in [0.15, 0.2) is 24.3 Å². The van der Waals surface area contributed by atoms with Crippen LogP contribution in [-0.4, -0.2) is 45.1 Å². The van der Waals surface area contributed by atoms with Gasteiger partial charge in [0, 0.05) is 26.1 Å². The van der Waals surface area contributed by atoms with Crippen LogP contribution in [0, 0.1) is 5.82 Å². The summed E-state index contributed by atoms with van der Waals surface area (Å²) >= 11 is 0. The molecule has 0 heterocycles. The minimum atomic E-state index is -3.58. The van der Waals surface area contributed by atoms with Crippen LogP contribution < -0.4 is 4.31 Å². The van der Waals surface area contributed by atoms with Gasteiger partial charge in [-0.15, -0.1) is 0 Å². The van der Waals surface area contributed by atoms with Crippen molar-refractivity contribution in [2.24, 2.45) is 0 Å². The van der Waals surface area contributed by atoms with Gasteiger partial charge in [-0.25, -0.2) is 12.8 Å². The molecule has 0 saturated heterocycles. The lowest BCUT2D eigenvalue weighted by Crippen LogP contribution is -2.37. The van der Waals surface area contributed by atoms with Gasteiger partial charge in [0.15, 0.2) is 0 Å². The molecule has 0 unspecified atom stereocenters. The molecule has 0 atom stereocenters. The third-order valence-corrected chi connectivity index (χ3v) is 4.56. The van der Waals surface area contributed by atoms with Gasteiger partial charge in [-0.05, 0) is 31.0 Å². The number of rotatable bonds is 9. The first-order chi connectivity index (χ1) is 10.8. The molecule has 0 spiro atoms. The van der Waals surface area contributed by atoms with Crippen molar-refractivity contribution in [3.63, 3.8) is 0 Å². The number of halogens is 1. The van der Waals surface area contributed by atoms with Gasteiger partial charge in [0.05, 0.1) is 11.9 Å². The number of hydrogen-bond donors (Lipinski definition) is 0. The first-order valence-corrected chi connectivity index (χ1v) is 9.65. The summed E-state index contributed by atoms with van der Waals surface area (Å²) in [4.78, 5) is 14.0. The van der Waals surface area contributed by atoms with Crippen molar-refractivity contribution in [2.75, 3.05) is 30.2 Å². The van der Waals surface area contributed by atoms with Crippen LogP contribution in [0.25, 0.3) is 0 Å². The Kier molecular flexibility index (Phi) is 7.48. The topological polar surface area (TPSA) is 57.7 Å². The molecule has 130 valence electrons. The molecule has 5 nitrogen and oxygen atoms in total. The highest BCUT2D eigenvalue weighted by molar-refractivity contribution is 7.92. The lowest BCUT2D eigenvalue weighted by molar-refractivity contribution is -0.131. The van der Waals surface area contributed by atoms with E-state index in [1.165, 1.54) is 18.2 Å². The predicted octanol–water partition coefficient (Wildman–Crippen LogP) is 2.63. The summed E-state index contributed by atoms with van der Waals surface area (Å²) in [5.41, 5.74) is 0.234. The summed E-state index contributed by atoms with van der Waals surface area (Å²) in [7, 11) is -3.58. The molecular formula is C16H25FN2O3S. The molecular weight excluding hydrogens is 319 g/mol. The fourth-order valence-electron chi connectivity index (χ4n) is 2.37. The highest BCUT2D eigenvalue weighted by atomic mass is 32.2. The monoisotopic (exact) mass is 344 g/mol. The van der Waals surface area contributed by atoms with Gasteiger partial charge in [-0.2, -0.15) is 0 Å². The molecule has 0 bridgehead atoms. The maximum atomic E-state index is 13.3. The Bertz CT molecular complexity index is 614. The van der Waals surface area contributed by atoms with E-state index in [9.17, 15) is 17.6 Å². The van der Waals surface area contributed by atoms with Crippen LogP contribution in [0.3, 0.4) is 0 Å². The predicted molar refractivity (Wildman–Crippen MR) is 90.4 cm³/mol. The molecule has 0 fully saturated rings. The van der Waals surface area contributed by atoms with E-state index in [4.69, 9.17) is 0 Å². The SMILES string of the molecule is CCCN(CCC)C(=O)CCN(c1cccc(F)c1)S(C)(=O)=O. The molecule has 1 amide bonds. The van der Waals surface area contributed by atoms with Crippen molar-refractivity contribution in [1.29, 1.82) is 0 Å². The van der Waals surface area contributed by atoms with E-state index < -0.39 is 15.8 Å². The zero-order valence-corrected chi connectivity index (χ0v) is 14.8. The second kappa shape index (κ2) is 8.86. The Balaban J connectivity index is 2.85. The van der Waals surface area contributed by atoms with Crippen LogP contribution in [0.1, 0.15) is 33.1 Å². The van der Waals surface area contributed by atoms with E-state index in [1.54, 1.807) is 4.90 Å². The summed E-state index contributed by atoms with van der Waals surface area (Å²) in [5.74, 6) is -0.597. The molecule has 0 aromatic heterocycles. The number of amides is 1. The van der Waals surface area contributed by atoms with Gasteiger partial charge in [0.1, 0.15) is 5.82 Å². The van der Waals surface area contributed by atoms with Crippen LogP contribution >= 0.6 is 0 Å². The second-order valence-electron chi connectivity index (χ2n) is 5.45. The Morgan fingerprint density at radius 2 is 1.74 bits per heavy atom. The molecule has 0 saturated carbocycles. The molecule has 0 radical (unpaired) electrons. The van der Waals surface area contributed by atoms with E-state index in [2.05, 4.69) is 0 Å². The van der Waals surface area contributed by atoms with E-state index in [0.29, 0.717) is 13.1 Å². The molecule has 7 heteroatoms. The van der Waals surface area contributed by atoms with Crippen LogP contribution in [0.4, 0.5) is 10.1 Å². The summed E-state index contributed by atoms with van der Waals surface area (Å²) in [6, 6.07) is 5.37. The van der Waals surface area contributed by atoms with Crippen LogP contribution in [0.5, 0.6) is 0 Å². The largest absolute Gasteiger partial charge is 0.343 e. The number of benzene rings is 1. The molecule has 23 heavy (non-hydrogen) atoms. The van der Waals surface area contributed by atoms with Crippen molar-refractivity contribution in [3.05, 3.63) is 30.1 Å². The molecule has 0 N–H and O–H groups in total. The first kappa shape index (κ1) is 19.4. The summed E-state index contributed by atoms with van der Waals surface area (Å²) < 4.78 is 38.3. The molecule has 1 aromatic rings. The molecule has 0 aliphatic carbocycles. The minimum absolute atomic E-state index is 0.00501. The Morgan fingerprint density at radius 1 is 1.13 bits per heavy atom. The van der Waals surface area contributed by atoms with Gasteiger partial charge in [0.2, 0.25) is 15.9 Å². The van der Waals surface area contributed by atoms with Crippen LogP contribution in [-0.2, 0) is 14.8 Å². The molecule has 1 rings (SSSR count). The fraction of sp³-hybridized carbons (Fsp3) is 0.562. The average molecular weight is 344 g/mol. The van der Waals surface area contributed by atoms with Crippen molar-refractivity contribution in [3.8, 4) is 0 Å². The van der Waals surface area contributed by atoms with Crippen molar-refractivity contribution in [1.82, 2.24) is 4.90 Å². The van der Waals surface area contributed by atoms with Gasteiger partial charge >= 0.3 is 0 Å². The maximum Gasteiger partial charge on any atom is 0.232 e. The molecule has 0 aliphatic rings. The Labute approximate surface area is 138 Å². The highest BCUT2D eigenvalue weighted by Crippen LogP contribution is 2.19. The Hall–Kier alpha value is -1.63. The van der Waals surface area contributed by atoms with Crippen molar-refractivity contribution < 1.29 is 17.6 Å². The third kappa shape index (κ3) is 6.17. The van der Waals surface area contributed by atoms with Crippen molar-refractivity contribution >= 4 is 21.6 Å². The molecule has 1 aromatic carbocycles. The summed E-state index contributed by atoms with van der Waals surface area (Å²) in [6.45, 7) is 5.30. The number of carbonyl (C=O) groups excluding carboxylic acids is 1. The first-order valence-electron chi connectivity index (χ1n) is 7.80. The highest BCUT2D eigenvalue weighted by Gasteiger charge is 2.20.